The van der Waals surface area contributed by atoms with Crippen molar-refractivity contribution in [2.45, 2.75) is 26.5 Å². The molecule has 1 aliphatic heterocycles. The van der Waals surface area contributed by atoms with E-state index in [0.717, 1.165) is 26.1 Å². The monoisotopic (exact) mass is 502 g/mol. The van der Waals surface area contributed by atoms with Crippen molar-refractivity contribution in [2.75, 3.05) is 33.2 Å². The summed E-state index contributed by atoms with van der Waals surface area (Å²) in [5, 5.41) is 6.94. The lowest BCUT2D eigenvalue weighted by Gasteiger charge is -2.16. The molecule has 5 nitrogen and oxygen atoms in total. The molecule has 0 spiro atoms. The van der Waals surface area contributed by atoms with Gasteiger partial charge in [0.1, 0.15) is 5.75 Å². The molecule has 2 rings (SSSR count). The maximum atomic E-state index is 12.5. The lowest BCUT2D eigenvalue weighted by atomic mass is 10.1. The topological polar surface area (TPSA) is 48.9 Å². The molecule has 148 valence electrons. The van der Waals surface area contributed by atoms with Gasteiger partial charge in [-0.05, 0) is 51.1 Å². The molecule has 1 unspecified atom stereocenters. The summed E-state index contributed by atoms with van der Waals surface area (Å²) in [6.45, 7) is 3.01. The number of ether oxygens (including phenoxy) is 1. The molecule has 0 aliphatic carbocycles. The highest BCUT2D eigenvalue weighted by Gasteiger charge is 2.19. The highest BCUT2D eigenvalue weighted by atomic mass is 127. The zero-order chi connectivity index (χ0) is 18.2. The fourth-order valence-electron chi connectivity index (χ4n) is 2.82. The first kappa shape index (κ1) is 23.2. The average Bonchev–Trinajstić information content (AvgIpc) is 2.97. The van der Waals surface area contributed by atoms with Crippen molar-refractivity contribution in [3.05, 3.63) is 28.8 Å². The van der Waals surface area contributed by atoms with Gasteiger partial charge in [-0.25, -0.2) is 4.99 Å². The molecule has 0 bridgehead atoms. The number of likely N-dealkylation sites (tertiary alicyclic amines) is 1. The molecule has 0 aromatic heterocycles. The molecule has 1 heterocycles. The maximum absolute atomic E-state index is 12.5. The number of guanidine groups is 1. The van der Waals surface area contributed by atoms with Crippen LogP contribution in [0.1, 0.15) is 18.9 Å². The molecule has 1 saturated heterocycles. The second-order valence-corrected chi connectivity index (χ2v) is 6.56. The molecule has 0 radical (unpaired) electrons. The molecule has 1 fully saturated rings. The quantitative estimate of drug-likeness (QED) is 0.340. The number of nitrogens with one attached hydrogen (secondary N) is 2. The van der Waals surface area contributed by atoms with Crippen LogP contribution < -0.4 is 15.4 Å². The van der Waals surface area contributed by atoms with Gasteiger partial charge in [0.25, 0.3) is 0 Å². The molecule has 26 heavy (non-hydrogen) atoms. The number of aliphatic imine (C=N–C) groups is 1. The van der Waals surface area contributed by atoms with Crippen LogP contribution in [0.2, 0.25) is 5.02 Å². The van der Waals surface area contributed by atoms with Crippen molar-refractivity contribution in [2.24, 2.45) is 10.9 Å². The number of hydrogen-bond acceptors (Lipinski definition) is 3. The van der Waals surface area contributed by atoms with E-state index in [0.29, 0.717) is 29.0 Å². The molecule has 0 saturated carbocycles. The first-order chi connectivity index (χ1) is 12.0. The van der Waals surface area contributed by atoms with E-state index >= 15 is 0 Å². The van der Waals surface area contributed by atoms with Gasteiger partial charge in [0.2, 0.25) is 0 Å². The van der Waals surface area contributed by atoms with Crippen LogP contribution in [0.15, 0.2) is 23.2 Å². The Labute approximate surface area is 175 Å². The third-order valence-electron chi connectivity index (χ3n) is 4.04. The highest BCUT2D eigenvalue weighted by molar-refractivity contribution is 14.0. The molecule has 2 N–H and O–H groups in total. The molecule has 1 aliphatic rings. The number of alkyl halides is 2. The lowest BCUT2D eigenvalue weighted by Crippen LogP contribution is -2.40. The van der Waals surface area contributed by atoms with Crippen LogP contribution in [-0.2, 0) is 6.54 Å². The third kappa shape index (κ3) is 7.79. The molecule has 1 aromatic carbocycles. The summed E-state index contributed by atoms with van der Waals surface area (Å²) in [5.74, 6) is 1.33. The molecule has 1 atom stereocenters. The summed E-state index contributed by atoms with van der Waals surface area (Å²) in [7, 11) is 2.11. The Morgan fingerprint density at radius 3 is 2.81 bits per heavy atom. The Kier molecular flexibility index (Phi) is 10.5. The zero-order valence-corrected chi connectivity index (χ0v) is 18.1. The first-order valence-electron chi connectivity index (χ1n) is 8.42. The predicted octanol–water partition coefficient (Wildman–Crippen LogP) is 3.57. The summed E-state index contributed by atoms with van der Waals surface area (Å²) >= 11 is 5.96. The number of hydrogen-bond donors (Lipinski definition) is 2. The smallest absolute Gasteiger partial charge is 0.387 e. The van der Waals surface area contributed by atoms with Crippen LogP contribution in [0.25, 0.3) is 0 Å². The van der Waals surface area contributed by atoms with Gasteiger partial charge >= 0.3 is 6.61 Å². The molecule has 9 heteroatoms. The van der Waals surface area contributed by atoms with Crippen molar-refractivity contribution in [1.29, 1.82) is 0 Å². The predicted molar refractivity (Wildman–Crippen MR) is 112 cm³/mol. The zero-order valence-electron chi connectivity index (χ0n) is 15.0. The minimum atomic E-state index is -2.88. The van der Waals surface area contributed by atoms with Crippen LogP contribution >= 0.6 is 35.6 Å². The number of nitrogens with zero attached hydrogens (tertiary/aromatic N) is 2. The Hall–Kier alpha value is -0.870. The van der Waals surface area contributed by atoms with Crippen molar-refractivity contribution in [3.63, 3.8) is 0 Å². The van der Waals surface area contributed by atoms with Crippen LogP contribution in [0.5, 0.6) is 5.75 Å². The lowest BCUT2D eigenvalue weighted by molar-refractivity contribution is -0.0504. The van der Waals surface area contributed by atoms with Crippen molar-refractivity contribution < 1.29 is 13.5 Å². The van der Waals surface area contributed by atoms with Gasteiger partial charge in [-0.3, -0.25) is 0 Å². The Balaban J connectivity index is 0.00000338. The number of benzene rings is 1. The van der Waals surface area contributed by atoms with E-state index in [1.54, 1.807) is 6.07 Å². The first-order valence-corrected chi connectivity index (χ1v) is 8.79. The van der Waals surface area contributed by atoms with E-state index < -0.39 is 6.61 Å². The van der Waals surface area contributed by atoms with Gasteiger partial charge in [-0.1, -0.05) is 11.6 Å². The largest absolute Gasteiger partial charge is 0.434 e. The van der Waals surface area contributed by atoms with Gasteiger partial charge in [0.05, 0.1) is 6.54 Å². The van der Waals surface area contributed by atoms with E-state index in [1.807, 2.05) is 6.92 Å². The van der Waals surface area contributed by atoms with Crippen molar-refractivity contribution in [3.8, 4) is 5.75 Å². The summed E-state index contributed by atoms with van der Waals surface area (Å²) in [4.78, 5) is 6.77. The van der Waals surface area contributed by atoms with Gasteiger partial charge < -0.3 is 20.3 Å². The SMILES string of the molecule is CCNC(=NCc1cc(Cl)ccc1OC(F)F)NCC1CCN(C)C1.I. The summed E-state index contributed by atoms with van der Waals surface area (Å²) in [6, 6.07) is 4.55. The highest BCUT2D eigenvalue weighted by Crippen LogP contribution is 2.25. The summed E-state index contributed by atoms with van der Waals surface area (Å²) < 4.78 is 29.6. The number of rotatable bonds is 7. The van der Waals surface area contributed by atoms with Gasteiger partial charge in [-0.15, -0.1) is 24.0 Å². The standard InChI is InChI=1S/C17H25ClF2N4O.HI/c1-3-21-17(22-9-12-6-7-24(2)11-12)23-10-13-8-14(18)4-5-15(13)25-16(19)20;/h4-5,8,12,16H,3,6-7,9-11H2,1-2H3,(H2,21,22,23);1H. The van der Waals surface area contributed by atoms with Crippen LogP contribution in [0.3, 0.4) is 0 Å². The average molecular weight is 503 g/mol. The Bertz CT molecular complexity index is 592. The molecular weight excluding hydrogens is 477 g/mol. The Morgan fingerprint density at radius 1 is 1.42 bits per heavy atom. The summed E-state index contributed by atoms with van der Waals surface area (Å²) in [6.07, 6.45) is 1.16. The van der Waals surface area contributed by atoms with E-state index in [4.69, 9.17) is 11.6 Å². The van der Waals surface area contributed by atoms with Gasteiger partial charge in [0.15, 0.2) is 5.96 Å². The van der Waals surface area contributed by atoms with E-state index in [9.17, 15) is 8.78 Å². The van der Waals surface area contributed by atoms with Crippen LogP contribution in [0.4, 0.5) is 8.78 Å². The minimum absolute atomic E-state index is 0. The maximum Gasteiger partial charge on any atom is 0.387 e. The van der Waals surface area contributed by atoms with Crippen molar-refractivity contribution >= 4 is 41.5 Å². The third-order valence-corrected chi connectivity index (χ3v) is 4.27. The second kappa shape index (κ2) is 11.8. The van der Waals surface area contributed by atoms with E-state index in [2.05, 4.69) is 32.3 Å². The fourth-order valence-corrected chi connectivity index (χ4v) is 3.02. The van der Waals surface area contributed by atoms with E-state index in [-0.39, 0.29) is 36.3 Å². The van der Waals surface area contributed by atoms with E-state index in [1.165, 1.54) is 12.1 Å². The fraction of sp³-hybridized carbons (Fsp3) is 0.588. The van der Waals surface area contributed by atoms with Crippen LogP contribution in [-0.4, -0.2) is 50.7 Å². The normalized spacial score (nSPS) is 17.9. The number of halogens is 4. The van der Waals surface area contributed by atoms with Crippen LogP contribution in [0, 0.1) is 5.92 Å². The second-order valence-electron chi connectivity index (χ2n) is 6.12. The summed E-state index contributed by atoms with van der Waals surface area (Å²) in [5.41, 5.74) is 0.519. The van der Waals surface area contributed by atoms with Gasteiger partial charge in [0, 0.05) is 30.2 Å². The minimum Gasteiger partial charge on any atom is -0.434 e. The van der Waals surface area contributed by atoms with Crippen molar-refractivity contribution in [1.82, 2.24) is 15.5 Å². The molecular formula is C17H26ClF2IN4O. The molecule has 1 aromatic rings. The molecule has 0 amide bonds. The van der Waals surface area contributed by atoms with Gasteiger partial charge in [-0.2, -0.15) is 8.78 Å². The Morgan fingerprint density at radius 2 is 2.19 bits per heavy atom.